The molecule has 1 aliphatic heterocycles. The molecule has 0 aliphatic carbocycles. The maximum Gasteiger partial charge on any atom is 0.270 e. The van der Waals surface area contributed by atoms with Gasteiger partial charge < -0.3 is 4.42 Å². The van der Waals surface area contributed by atoms with E-state index in [2.05, 4.69) is 11.2 Å². The Morgan fingerprint density at radius 2 is 2.00 bits per heavy atom. The molecule has 1 aromatic heterocycles. The molecule has 1 N–H and O–H groups in total. The third kappa shape index (κ3) is 3.05. The maximum absolute atomic E-state index is 14.0. The van der Waals surface area contributed by atoms with Crippen LogP contribution < -0.4 is 10.2 Å². The highest BCUT2D eigenvalue weighted by molar-refractivity contribution is 7.80. The Morgan fingerprint density at radius 1 is 1.24 bits per heavy atom. The Morgan fingerprint density at radius 3 is 2.68 bits per heavy atom. The molecule has 0 unspecified atom stereocenters. The van der Waals surface area contributed by atoms with E-state index in [-0.39, 0.29) is 22.2 Å². The number of terminal acetylenes is 1. The normalized spacial score (nSPS) is 16.1. The number of benzene rings is 1. The van der Waals surface area contributed by atoms with E-state index in [1.807, 2.05) is 0 Å². The van der Waals surface area contributed by atoms with Crippen molar-refractivity contribution in [3.8, 4) is 12.3 Å². The number of amides is 2. The van der Waals surface area contributed by atoms with E-state index in [9.17, 15) is 18.4 Å². The molecule has 2 amide bonds. The number of anilines is 1. The molecule has 0 bridgehead atoms. The molecule has 25 heavy (non-hydrogen) atoms. The molecule has 0 saturated carbocycles. The van der Waals surface area contributed by atoms with Gasteiger partial charge in [0.1, 0.15) is 23.0 Å². The van der Waals surface area contributed by atoms with Crippen molar-refractivity contribution in [1.29, 1.82) is 0 Å². The van der Waals surface area contributed by atoms with Crippen LogP contribution >= 0.6 is 12.2 Å². The van der Waals surface area contributed by atoms with Crippen molar-refractivity contribution < 1.29 is 22.8 Å². The lowest BCUT2D eigenvalue weighted by Crippen LogP contribution is -2.54. The second-order valence-corrected chi connectivity index (χ2v) is 5.29. The summed E-state index contributed by atoms with van der Waals surface area (Å²) in [5.41, 5.74) is -0.778. The predicted octanol–water partition coefficient (Wildman–Crippen LogP) is 2.37. The van der Waals surface area contributed by atoms with Crippen LogP contribution in [0.4, 0.5) is 14.5 Å². The van der Waals surface area contributed by atoms with E-state index in [1.54, 1.807) is 0 Å². The Kier molecular flexibility index (Phi) is 4.17. The minimum Gasteiger partial charge on any atom is -0.448 e. The number of halogens is 2. The summed E-state index contributed by atoms with van der Waals surface area (Å²) in [4.78, 5) is 25.4. The second-order valence-electron chi connectivity index (χ2n) is 4.90. The summed E-state index contributed by atoms with van der Waals surface area (Å²) in [5.74, 6) is -0.731. The van der Waals surface area contributed by atoms with Gasteiger partial charge in [-0.3, -0.25) is 14.9 Å². The lowest BCUT2D eigenvalue weighted by atomic mass is 10.1. The van der Waals surface area contributed by atoms with Crippen LogP contribution in [0, 0.1) is 24.0 Å². The summed E-state index contributed by atoms with van der Waals surface area (Å²) >= 11 is 4.91. The number of nitrogens with one attached hydrogen (secondary N) is 1. The van der Waals surface area contributed by atoms with Crippen molar-refractivity contribution >= 4 is 40.9 Å². The SMILES string of the molecule is C#Cc1ccc(C=C2C(=O)NC(=S)N(c3cc(F)ccc3F)C2=O)o1. The smallest absolute Gasteiger partial charge is 0.270 e. The van der Waals surface area contributed by atoms with E-state index < -0.39 is 29.1 Å². The summed E-state index contributed by atoms with van der Waals surface area (Å²) in [6, 6.07) is 5.49. The minimum absolute atomic E-state index is 0.152. The maximum atomic E-state index is 14.0. The molecule has 1 fully saturated rings. The third-order valence-corrected chi connectivity index (χ3v) is 3.59. The molecular formula is C17H8F2N2O3S. The van der Waals surface area contributed by atoms with Gasteiger partial charge in [-0.05, 0) is 48.5 Å². The van der Waals surface area contributed by atoms with Gasteiger partial charge in [0.05, 0.1) is 5.69 Å². The van der Waals surface area contributed by atoms with Gasteiger partial charge in [0, 0.05) is 6.07 Å². The van der Waals surface area contributed by atoms with E-state index in [0.29, 0.717) is 4.90 Å². The van der Waals surface area contributed by atoms with Gasteiger partial charge in [-0.15, -0.1) is 6.42 Å². The number of carbonyl (C=O) groups excluding carboxylic acids is 2. The quantitative estimate of drug-likeness (QED) is 0.388. The van der Waals surface area contributed by atoms with Crippen LogP contribution in [0.5, 0.6) is 0 Å². The van der Waals surface area contributed by atoms with Crippen molar-refractivity contribution in [3.63, 3.8) is 0 Å². The van der Waals surface area contributed by atoms with Crippen molar-refractivity contribution in [2.75, 3.05) is 4.90 Å². The number of thiocarbonyl (C=S) groups is 1. The molecule has 0 atom stereocenters. The van der Waals surface area contributed by atoms with Crippen LogP contribution in [0.15, 0.2) is 40.3 Å². The molecule has 1 aromatic carbocycles. The van der Waals surface area contributed by atoms with E-state index in [0.717, 1.165) is 24.3 Å². The summed E-state index contributed by atoms with van der Waals surface area (Å²) in [6.45, 7) is 0. The summed E-state index contributed by atoms with van der Waals surface area (Å²) < 4.78 is 32.7. The monoisotopic (exact) mass is 358 g/mol. The van der Waals surface area contributed by atoms with E-state index >= 15 is 0 Å². The highest BCUT2D eigenvalue weighted by Crippen LogP contribution is 2.25. The van der Waals surface area contributed by atoms with Crippen molar-refractivity contribution in [2.24, 2.45) is 0 Å². The molecule has 5 nitrogen and oxygen atoms in total. The number of carbonyl (C=O) groups is 2. The zero-order valence-electron chi connectivity index (χ0n) is 12.4. The lowest BCUT2D eigenvalue weighted by Gasteiger charge is -2.29. The molecular weight excluding hydrogens is 350 g/mol. The fourth-order valence-corrected chi connectivity index (χ4v) is 2.46. The molecule has 2 aromatic rings. The van der Waals surface area contributed by atoms with Crippen LogP contribution in [-0.2, 0) is 9.59 Å². The minimum atomic E-state index is -0.920. The predicted molar refractivity (Wildman–Crippen MR) is 89.2 cm³/mol. The van der Waals surface area contributed by atoms with Crippen LogP contribution in [0.3, 0.4) is 0 Å². The topological polar surface area (TPSA) is 62.6 Å². The van der Waals surface area contributed by atoms with Gasteiger partial charge in [0.2, 0.25) is 0 Å². The standard InChI is InChI=1S/C17H8F2N2O3S/c1-2-10-4-5-11(24-10)8-12-15(22)20-17(25)21(16(12)23)14-7-9(18)3-6-13(14)19/h1,3-8H,(H,20,22,25). The lowest BCUT2D eigenvalue weighted by molar-refractivity contribution is -0.122. The Labute approximate surface area is 145 Å². The summed E-state index contributed by atoms with van der Waals surface area (Å²) in [6.07, 6.45) is 6.33. The van der Waals surface area contributed by atoms with Gasteiger partial charge in [-0.25, -0.2) is 13.7 Å². The number of hydrogen-bond donors (Lipinski definition) is 1. The molecule has 1 aliphatic rings. The molecule has 124 valence electrons. The molecule has 2 heterocycles. The zero-order chi connectivity index (χ0) is 18.1. The fourth-order valence-electron chi connectivity index (χ4n) is 2.18. The molecule has 0 spiro atoms. The zero-order valence-corrected chi connectivity index (χ0v) is 13.2. The Hall–Kier alpha value is -3.31. The third-order valence-electron chi connectivity index (χ3n) is 3.31. The van der Waals surface area contributed by atoms with Gasteiger partial charge in [-0.2, -0.15) is 0 Å². The van der Waals surface area contributed by atoms with E-state index in [1.165, 1.54) is 12.1 Å². The number of nitrogens with zero attached hydrogens (tertiary/aromatic N) is 1. The number of hydrogen-bond acceptors (Lipinski definition) is 4. The molecule has 8 heteroatoms. The van der Waals surface area contributed by atoms with Crippen LogP contribution in [0.1, 0.15) is 11.5 Å². The van der Waals surface area contributed by atoms with E-state index in [4.69, 9.17) is 23.1 Å². The highest BCUT2D eigenvalue weighted by atomic mass is 32.1. The van der Waals surface area contributed by atoms with Gasteiger partial charge in [0.25, 0.3) is 11.8 Å². The van der Waals surface area contributed by atoms with Crippen molar-refractivity contribution in [1.82, 2.24) is 5.32 Å². The largest absolute Gasteiger partial charge is 0.448 e. The first-order chi connectivity index (χ1) is 11.9. The number of furan rings is 1. The molecule has 3 rings (SSSR count). The van der Waals surface area contributed by atoms with Gasteiger partial charge >= 0.3 is 0 Å². The van der Waals surface area contributed by atoms with Crippen molar-refractivity contribution in [2.45, 2.75) is 0 Å². The average molecular weight is 358 g/mol. The van der Waals surface area contributed by atoms with Crippen LogP contribution in [0.2, 0.25) is 0 Å². The summed E-state index contributed by atoms with van der Waals surface area (Å²) in [5, 5.41) is 1.89. The average Bonchev–Trinajstić information content (AvgIpc) is 3.02. The highest BCUT2D eigenvalue weighted by Gasteiger charge is 2.36. The van der Waals surface area contributed by atoms with Gasteiger partial charge in [-0.1, -0.05) is 0 Å². The Bertz CT molecular complexity index is 988. The van der Waals surface area contributed by atoms with Crippen LogP contribution in [-0.4, -0.2) is 16.9 Å². The molecule has 1 saturated heterocycles. The second kappa shape index (κ2) is 6.30. The van der Waals surface area contributed by atoms with Crippen molar-refractivity contribution in [3.05, 3.63) is 59.1 Å². The van der Waals surface area contributed by atoms with Gasteiger partial charge in [0.15, 0.2) is 10.9 Å². The first-order valence-electron chi connectivity index (χ1n) is 6.83. The Balaban J connectivity index is 2.05. The molecule has 0 radical (unpaired) electrons. The first kappa shape index (κ1) is 16.5. The summed E-state index contributed by atoms with van der Waals surface area (Å²) in [7, 11) is 0. The fraction of sp³-hybridized carbons (Fsp3) is 0. The van der Waals surface area contributed by atoms with Crippen LogP contribution in [0.25, 0.3) is 6.08 Å². The first-order valence-corrected chi connectivity index (χ1v) is 7.24. The number of rotatable bonds is 2.